The number of hydrogen-bond donors (Lipinski definition) is 2. The van der Waals surface area contributed by atoms with Crippen molar-refractivity contribution in [2.24, 2.45) is 5.92 Å². The van der Waals surface area contributed by atoms with Crippen LogP contribution in [0.25, 0.3) is 0 Å². The van der Waals surface area contributed by atoms with E-state index in [1.165, 1.54) is 0 Å². The van der Waals surface area contributed by atoms with Gasteiger partial charge >= 0.3 is 12.0 Å². The summed E-state index contributed by atoms with van der Waals surface area (Å²) in [5, 5.41) is 5.29. The van der Waals surface area contributed by atoms with E-state index in [1.807, 2.05) is 6.92 Å². The van der Waals surface area contributed by atoms with Crippen LogP contribution in [-0.4, -0.2) is 32.3 Å². The van der Waals surface area contributed by atoms with Crippen molar-refractivity contribution in [1.82, 2.24) is 10.6 Å². The first-order valence-corrected chi connectivity index (χ1v) is 8.25. The zero-order valence-corrected chi connectivity index (χ0v) is 14.8. The van der Waals surface area contributed by atoms with E-state index in [-0.39, 0.29) is 6.61 Å². The lowest BCUT2D eigenvalue weighted by atomic mass is 9.89. The maximum Gasteiger partial charge on any atom is 0.319 e. The van der Waals surface area contributed by atoms with Crippen LogP contribution in [0, 0.1) is 5.92 Å². The van der Waals surface area contributed by atoms with Gasteiger partial charge in [0.15, 0.2) is 11.5 Å². The number of carbonyl (C=O) groups is 2. The van der Waals surface area contributed by atoms with Crippen LogP contribution in [0.2, 0.25) is 0 Å². The molecule has 1 aliphatic rings. The lowest BCUT2D eigenvalue weighted by Crippen LogP contribution is -2.51. The van der Waals surface area contributed by atoms with Gasteiger partial charge in [0, 0.05) is 5.70 Å². The molecule has 0 aliphatic carbocycles. The summed E-state index contributed by atoms with van der Waals surface area (Å²) in [7, 11) is 1.54. The van der Waals surface area contributed by atoms with Crippen molar-refractivity contribution < 1.29 is 23.8 Å². The molecule has 2 amide bonds. The summed E-state index contributed by atoms with van der Waals surface area (Å²) in [6.45, 7) is 8.36. The van der Waals surface area contributed by atoms with Crippen molar-refractivity contribution >= 4 is 12.0 Å². The predicted octanol–water partition coefficient (Wildman–Crippen LogP) is 2.53. The minimum atomic E-state index is -0.732. The number of benzene rings is 1. The molecular formula is C18H24N2O5. The average molecular weight is 348 g/mol. The van der Waals surface area contributed by atoms with Crippen LogP contribution >= 0.6 is 0 Å². The summed E-state index contributed by atoms with van der Waals surface area (Å²) in [6.07, 6.45) is 0.875. The molecule has 0 aromatic heterocycles. The Balaban J connectivity index is 2.36. The Morgan fingerprint density at radius 3 is 2.68 bits per heavy atom. The molecule has 2 rings (SSSR count). The maximum absolute atomic E-state index is 12.3. The Morgan fingerprint density at radius 1 is 1.28 bits per heavy atom. The quantitative estimate of drug-likeness (QED) is 0.740. The molecular weight excluding hydrogens is 324 g/mol. The normalized spacial score (nSPS) is 19.6. The Kier molecular flexibility index (Phi) is 6.27. The SMILES string of the molecule is C=C1NC(=O)N[C@@H](c2ccc(OCCC)c(OC)c2)[C@@H]1C(=O)OCC. The molecule has 0 bridgehead atoms. The molecule has 1 fully saturated rings. The van der Waals surface area contributed by atoms with Gasteiger partial charge in [-0.25, -0.2) is 4.79 Å². The average Bonchev–Trinajstić information content (AvgIpc) is 2.59. The van der Waals surface area contributed by atoms with Crippen molar-refractivity contribution in [3.8, 4) is 11.5 Å². The van der Waals surface area contributed by atoms with E-state index >= 15 is 0 Å². The van der Waals surface area contributed by atoms with Crippen molar-refractivity contribution in [3.63, 3.8) is 0 Å². The molecule has 0 saturated carbocycles. The number of esters is 1. The summed E-state index contributed by atoms with van der Waals surface area (Å²) in [6, 6.07) is 4.29. The monoisotopic (exact) mass is 348 g/mol. The van der Waals surface area contributed by atoms with E-state index in [2.05, 4.69) is 17.2 Å². The molecule has 1 aromatic rings. The Bertz CT molecular complexity index is 659. The largest absolute Gasteiger partial charge is 0.493 e. The number of rotatable bonds is 7. The van der Waals surface area contributed by atoms with E-state index in [4.69, 9.17) is 14.2 Å². The minimum absolute atomic E-state index is 0.246. The predicted molar refractivity (Wildman–Crippen MR) is 92.5 cm³/mol. The summed E-state index contributed by atoms with van der Waals surface area (Å²) >= 11 is 0. The molecule has 1 aliphatic heterocycles. The second-order valence-electron chi connectivity index (χ2n) is 5.59. The van der Waals surface area contributed by atoms with E-state index in [0.29, 0.717) is 29.4 Å². The van der Waals surface area contributed by atoms with Crippen molar-refractivity contribution in [1.29, 1.82) is 0 Å². The van der Waals surface area contributed by atoms with Crippen LogP contribution < -0.4 is 20.1 Å². The second kappa shape index (κ2) is 8.41. The maximum atomic E-state index is 12.3. The lowest BCUT2D eigenvalue weighted by molar-refractivity contribution is -0.147. The van der Waals surface area contributed by atoms with E-state index in [1.54, 1.807) is 32.2 Å². The molecule has 1 aromatic carbocycles. The van der Waals surface area contributed by atoms with Gasteiger partial charge in [0.25, 0.3) is 0 Å². The van der Waals surface area contributed by atoms with Gasteiger partial charge in [0.1, 0.15) is 5.92 Å². The number of carbonyl (C=O) groups excluding carboxylic acids is 2. The number of nitrogens with one attached hydrogen (secondary N) is 2. The van der Waals surface area contributed by atoms with Gasteiger partial charge < -0.3 is 24.8 Å². The van der Waals surface area contributed by atoms with E-state index < -0.39 is 24.0 Å². The highest BCUT2D eigenvalue weighted by atomic mass is 16.5. The molecule has 0 radical (unpaired) electrons. The van der Waals surface area contributed by atoms with Crippen molar-refractivity contribution in [2.75, 3.05) is 20.3 Å². The van der Waals surface area contributed by atoms with Crippen LogP contribution in [0.15, 0.2) is 30.5 Å². The highest BCUT2D eigenvalue weighted by molar-refractivity contribution is 5.85. The van der Waals surface area contributed by atoms with Crippen LogP contribution in [0.1, 0.15) is 31.9 Å². The zero-order chi connectivity index (χ0) is 18.4. The number of amides is 2. The first kappa shape index (κ1) is 18.6. The summed E-state index contributed by atoms with van der Waals surface area (Å²) in [5.74, 6) is -0.0353. The standard InChI is InChI=1S/C18H24N2O5/c1-5-9-25-13-8-7-12(10-14(13)23-4)16-15(17(21)24-6-2)11(3)19-18(22)20-16/h7-8,10,15-16H,3,5-6,9H2,1-2,4H3,(H2,19,20,22)/t15-,16+/m1/s1. The minimum Gasteiger partial charge on any atom is -0.493 e. The number of urea groups is 1. The zero-order valence-electron chi connectivity index (χ0n) is 14.8. The highest BCUT2D eigenvalue weighted by Gasteiger charge is 2.39. The summed E-state index contributed by atoms with van der Waals surface area (Å²) in [5.41, 5.74) is 1.01. The van der Waals surface area contributed by atoms with Crippen molar-refractivity contribution in [3.05, 3.63) is 36.0 Å². The highest BCUT2D eigenvalue weighted by Crippen LogP contribution is 2.35. The van der Waals surface area contributed by atoms with Gasteiger partial charge in [-0.05, 0) is 31.0 Å². The topological polar surface area (TPSA) is 85.9 Å². The van der Waals surface area contributed by atoms with Gasteiger partial charge in [0.05, 0.1) is 26.4 Å². The first-order chi connectivity index (χ1) is 12.0. The van der Waals surface area contributed by atoms with Crippen LogP contribution in [0.5, 0.6) is 11.5 Å². The molecule has 25 heavy (non-hydrogen) atoms. The fraction of sp³-hybridized carbons (Fsp3) is 0.444. The molecule has 7 heteroatoms. The smallest absolute Gasteiger partial charge is 0.319 e. The molecule has 1 heterocycles. The van der Waals surface area contributed by atoms with Gasteiger partial charge in [-0.15, -0.1) is 0 Å². The third-order valence-electron chi connectivity index (χ3n) is 3.82. The van der Waals surface area contributed by atoms with Crippen molar-refractivity contribution in [2.45, 2.75) is 26.3 Å². The van der Waals surface area contributed by atoms with Crippen LogP contribution in [-0.2, 0) is 9.53 Å². The molecule has 0 unspecified atom stereocenters. The Morgan fingerprint density at radius 2 is 2.04 bits per heavy atom. The van der Waals surface area contributed by atoms with E-state index in [9.17, 15) is 9.59 Å². The third-order valence-corrected chi connectivity index (χ3v) is 3.82. The van der Waals surface area contributed by atoms with Gasteiger partial charge in [-0.3, -0.25) is 4.79 Å². The molecule has 7 nitrogen and oxygen atoms in total. The number of ether oxygens (including phenoxy) is 3. The fourth-order valence-corrected chi connectivity index (χ4v) is 2.68. The van der Waals surface area contributed by atoms with Gasteiger partial charge in [-0.2, -0.15) is 0 Å². The van der Waals surface area contributed by atoms with Crippen LogP contribution in [0.3, 0.4) is 0 Å². The summed E-state index contributed by atoms with van der Waals surface area (Å²) < 4.78 is 16.1. The first-order valence-electron chi connectivity index (χ1n) is 8.25. The lowest BCUT2D eigenvalue weighted by Gasteiger charge is -2.33. The fourth-order valence-electron chi connectivity index (χ4n) is 2.68. The number of methoxy groups -OCH3 is 1. The second-order valence-corrected chi connectivity index (χ2v) is 5.59. The van der Waals surface area contributed by atoms with E-state index in [0.717, 1.165) is 6.42 Å². The molecule has 136 valence electrons. The van der Waals surface area contributed by atoms with Gasteiger partial charge in [0.2, 0.25) is 0 Å². The molecule has 2 N–H and O–H groups in total. The van der Waals surface area contributed by atoms with Gasteiger partial charge in [-0.1, -0.05) is 19.6 Å². The third kappa shape index (κ3) is 4.23. The molecule has 0 spiro atoms. The Hall–Kier alpha value is -2.70. The number of hydrogen-bond acceptors (Lipinski definition) is 5. The molecule has 1 saturated heterocycles. The Labute approximate surface area is 147 Å². The summed E-state index contributed by atoms with van der Waals surface area (Å²) in [4.78, 5) is 24.2. The molecule has 2 atom stereocenters. The van der Waals surface area contributed by atoms with Crippen LogP contribution in [0.4, 0.5) is 4.79 Å².